The number of aromatic hydroxyl groups is 2. The molecular weight excluding hydrogens is 268 g/mol. The molecule has 0 saturated carbocycles. The first kappa shape index (κ1) is 15.5. The minimum Gasteiger partial charge on any atom is -0.504 e. The van der Waals surface area contributed by atoms with E-state index in [4.69, 9.17) is 14.6 Å². The van der Waals surface area contributed by atoms with Gasteiger partial charge < -0.3 is 35.4 Å². The van der Waals surface area contributed by atoms with E-state index in [1.165, 1.54) is 14.2 Å². The van der Waals surface area contributed by atoms with Gasteiger partial charge in [0.2, 0.25) is 5.75 Å². The van der Waals surface area contributed by atoms with Gasteiger partial charge in [-0.2, -0.15) is 0 Å². The Morgan fingerprint density at radius 3 is 1.95 bits per heavy atom. The second kappa shape index (κ2) is 6.60. The van der Waals surface area contributed by atoms with Crippen molar-refractivity contribution in [2.45, 2.75) is 6.92 Å². The number of benzene rings is 1. The number of ether oxygens (including phenoxy) is 2. The van der Waals surface area contributed by atoms with E-state index in [9.17, 15) is 15.0 Å². The third-order valence-electron chi connectivity index (χ3n) is 2.54. The molecule has 0 aliphatic rings. The van der Waals surface area contributed by atoms with Crippen LogP contribution in [0.4, 0.5) is 11.4 Å². The van der Waals surface area contributed by atoms with Crippen molar-refractivity contribution in [1.29, 1.82) is 0 Å². The number of hydrogen-bond acceptors (Lipinski definition) is 7. The molecule has 8 nitrogen and oxygen atoms in total. The first-order chi connectivity index (χ1) is 9.47. The third kappa shape index (κ3) is 2.90. The largest absolute Gasteiger partial charge is 0.504 e. The van der Waals surface area contributed by atoms with Crippen LogP contribution in [-0.2, 0) is 4.79 Å². The average Bonchev–Trinajstić information content (AvgIpc) is 2.41. The molecule has 0 spiro atoms. The van der Waals surface area contributed by atoms with Crippen LogP contribution in [0, 0.1) is 0 Å². The third-order valence-corrected chi connectivity index (χ3v) is 2.54. The highest BCUT2D eigenvalue weighted by atomic mass is 16.5. The van der Waals surface area contributed by atoms with Gasteiger partial charge in [-0.25, -0.2) is 0 Å². The lowest BCUT2D eigenvalue weighted by Gasteiger charge is -2.20. The van der Waals surface area contributed by atoms with Gasteiger partial charge in [0.15, 0.2) is 17.2 Å². The molecule has 5 N–H and O–H groups in total. The molecule has 112 valence electrons. The summed E-state index contributed by atoms with van der Waals surface area (Å²) in [4.78, 5) is 10.6. The molecule has 0 amide bonds. The number of methoxy groups -OCH3 is 2. The van der Waals surface area contributed by atoms with Crippen LogP contribution in [0.25, 0.3) is 0 Å². The topological polar surface area (TPSA) is 120 Å². The summed E-state index contributed by atoms with van der Waals surface area (Å²) in [5, 5.41) is 34.3. The average molecular weight is 286 g/mol. The number of rotatable bonds is 7. The van der Waals surface area contributed by atoms with Gasteiger partial charge in [0.1, 0.15) is 17.9 Å². The van der Waals surface area contributed by atoms with E-state index in [0.29, 0.717) is 6.54 Å². The number of phenols is 2. The van der Waals surface area contributed by atoms with Crippen molar-refractivity contribution in [2.24, 2.45) is 0 Å². The SMILES string of the molecule is CCNc1c(O)c(NCC(=O)O)c(OC)c(O)c1OC. The fourth-order valence-corrected chi connectivity index (χ4v) is 1.75. The molecular formula is C12H18N2O6. The van der Waals surface area contributed by atoms with Crippen molar-refractivity contribution in [2.75, 3.05) is 37.9 Å². The monoisotopic (exact) mass is 286 g/mol. The van der Waals surface area contributed by atoms with Crippen LogP contribution < -0.4 is 20.1 Å². The van der Waals surface area contributed by atoms with Crippen molar-refractivity contribution in [1.82, 2.24) is 0 Å². The number of aliphatic carboxylic acids is 1. The molecule has 0 heterocycles. The predicted octanol–water partition coefficient (Wildman–Crippen LogP) is 1.04. The van der Waals surface area contributed by atoms with Gasteiger partial charge in [0, 0.05) is 6.54 Å². The summed E-state index contributed by atoms with van der Waals surface area (Å²) in [6.45, 7) is 1.82. The zero-order valence-electron chi connectivity index (χ0n) is 11.5. The molecule has 1 rings (SSSR count). The Morgan fingerprint density at radius 2 is 1.55 bits per heavy atom. The lowest BCUT2D eigenvalue weighted by molar-refractivity contribution is -0.134. The summed E-state index contributed by atoms with van der Waals surface area (Å²) in [6.07, 6.45) is 0. The molecule has 0 saturated heterocycles. The fraction of sp³-hybridized carbons (Fsp3) is 0.417. The smallest absolute Gasteiger partial charge is 0.322 e. The first-order valence-electron chi connectivity index (χ1n) is 5.87. The van der Waals surface area contributed by atoms with Crippen molar-refractivity contribution < 1.29 is 29.6 Å². The summed E-state index contributed by atoms with van der Waals surface area (Å²) < 4.78 is 10.0. The molecule has 0 bridgehead atoms. The Balaban J connectivity index is 3.43. The molecule has 0 fully saturated rings. The fourth-order valence-electron chi connectivity index (χ4n) is 1.75. The molecule has 0 aliphatic heterocycles. The standard InChI is InChI=1S/C12H18N2O6/c1-4-13-7-9(17)8(14-5-6(15)16)12(20-3)10(18)11(7)19-2/h13-14,17-18H,4-5H2,1-3H3,(H,15,16). The zero-order valence-corrected chi connectivity index (χ0v) is 11.5. The van der Waals surface area contributed by atoms with Crippen LogP contribution >= 0.6 is 0 Å². The summed E-state index contributed by atoms with van der Waals surface area (Å²) in [5.41, 5.74) is 0.130. The summed E-state index contributed by atoms with van der Waals surface area (Å²) in [6, 6.07) is 0. The normalized spacial score (nSPS) is 9.95. The Hall–Kier alpha value is -2.51. The molecule has 0 radical (unpaired) electrons. The number of carboxylic acids is 1. The van der Waals surface area contributed by atoms with E-state index in [0.717, 1.165) is 0 Å². The molecule has 8 heteroatoms. The highest BCUT2D eigenvalue weighted by molar-refractivity contribution is 5.88. The van der Waals surface area contributed by atoms with Gasteiger partial charge in [-0.15, -0.1) is 0 Å². The molecule has 0 atom stereocenters. The van der Waals surface area contributed by atoms with E-state index >= 15 is 0 Å². The highest BCUT2D eigenvalue weighted by Gasteiger charge is 2.25. The summed E-state index contributed by atoms with van der Waals surface area (Å²) in [7, 11) is 2.62. The Labute approximate surface area is 115 Å². The van der Waals surface area contributed by atoms with Gasteiger partial charge in [0.25, 0.3) is 0 Å². The maximum atomic E-state index is 10.6. The van der Waals surface area contributed by atoms with Crippen molar-refractivity contribution >= 4 is 17.3 Å². The van der Waals surface area contributed by atoms with Gasteiger partial charge in [-0.1, -0.05) is 0 Å². The maximum absolute atomic E-state index is 10.6. The van der Waals surface area contributed by atoms with Gasteiger partial charge in [0.05, 0.1) is 14.2 Å². The quantitative estimate of drug-likeness (QED) is 0.372. The number of nitrogens with one attached hydrogen (secondary N) is 2. The summed E-state index contributed by atoms with van der Waals surface area (Å²) >= 11 is 0. The van der Waals surface area contributed by atoms with Crippen LogP contribution in [-0.4, -0.2) is 48.6 Å². The minimum atomic E-state index is -1.12. The van der Waals surface area contributed by atoms with Gasteiger partial charge in [-0.05, 0) is 6.92 Å². The predicted molar refractivity (Wildman–Crippen MR) is 73.2 cm³/mol. The molecule has 1 aromatic carbocycles. The van der Waals surface area contributed by atoms with Gasteiger partial charge in [-0.3, -0.25) is 4.79 Å². The van der Waals surface area contributed by atoms with Crippen molar-refractivity contribution in [3.8, 4) is 23.0 Å². The summed E-state index contributed by atoms with van der Waals surface area (Å²) in [5.74, 6) is -1.83. The zero-order chi connectivity index (χ0) is 15.3. The molecule has 0 aromatic heterocycles. The number of phenolic OH excluding ortho intramolecular Hbond substituents is 2. The first-order valence-corrected chi connectivity index (χ1v) is 5.87. The Bertz CT molecular complexity index is 503. The van der Waals surface area contributed by atoms with Crippen LogP contribution in [0.5, 0.6) is 23.0 Å². The van der Waals surface area contributed by atoms with Crippen LogP contribution in [0.1, 0.15) is 6.92 Å². The molecule has 20 heavy (non-hydrogen) atoms. The number of hydrogen-bond donors (Lipinski definition) is 5. The number of carbonyl (C=O) groups is 1. The van der Waals surface area contributed by atoms with E-state index in [-0.39, 0.29) is 34.4 Å². The van der Waals surface area contributed by atoms with Crippen LogP contribution in [0.15, 0.2) is 0 Å². The lowest BCUT2D eigenvalue weighted by atomic mass is 10.1. The van der Waals surface area contributed by atoms with Crippen LogP contribution in [0.2, 0.25) is 0 Å². The van der Waals surface area contributed by atoms with E-state index < -0.39 is 12.5 Å². The lowest BCUT2D eigenvalue weighted by Crippen LogP contribution is -2.14. The Morgan fingerprint density at radius 1 is 1.05 bits per heavy atom. The minimum absolute atomic E-state index is 0.0158. The molecule has 0 unspecified atom stereocenters. The van der Waals surface area contributed by atoms with Crippen LogP contribution in [0.3, 0.4) is 0 Å². The van der Waals surface area contributed by atoms with Crippen molar-refractivity contribution in [3.63, 3.8) is 0 Å². The Kier molecular flexibility index (Phi) is 5.13. The number of carboxylic acid groups (broad SMARTS) is 1. The number of anilines is 2. The molecule has 1 aromatic rings. The van der Waals surface area contributed by atoms with Gasteiger partial charge >= 0.3 is 5.97 Å². The van der Waals surface area contributed by atoms with E-state index in [2.05, 4.69) is 10.6 Å². The second-order valence-corrected chi connectivity index (χ2v) is 3.79. The molecule has 0 aliphatic carbocycles. The maximum Gasteiger partial charge on any atom is 0.322 e. The van der Waals surface area contributed by atoms with E-state index in [1.54, 1.807) is 6.92 Å². The second-order valence-electron chi connectivity index (χ2n) is 3.79. The van der Waals surface area contributed by atoms with Crippen molar-refractivity contribution in [3.05, 3.63) is 0 Å². The van der Waals surface area contributed by atoms with E-state index in [1.807, 2.05) is 0 Å². The highest BCUT2D eigenvalue weighted by Crippen LogP contribution is 2.53.